The Morgan fingerprint density at radius 1 is 1.35 bits per heavy atom. The van der Waals surface area contributed by atoms with Crippen molar-refractivity contribution in [2.45, 2.75) is 19.9 Å². The highest BCUT2D eigenvalue weighted by Gasteiger charge is 2.30. The van der Waals surface area contributed by atoms with Crippen LogP contribution in [-0.2, 0) is 14.3 Å². The minimum atomic E-state index is -0.996. The van der Waals surface area contributed by atoms with Gasteiger partial charge in [0, 0.05) is 12.8 Å². The number of aromatic nitrogens is 1. The van der Waals surface area contributed by atoms with E-state index < -0.39 is 17.9 Å². The lowest BCUT2D eigenvalue weighted by Crippen LogP contribution is -2.52. The molecule has 0 aromatic carbocycles. The maximum Gasteiger partial charge on any atom is 0.332 e. The second-order valence-corrected chi connectivity index (χ2v) is 3.85. The topological polar surface area (TPSA) is 94.8 Å². The van der Waals surface area contributed by atoms with Crippen molar-refractivity contribution < 1.29 is 19.1 Å². The van der Waals surface area contributed by atoms with Crippen LogP contribution in [0.3, 0.4) is 0 Å². The third-order valence-corrected chi connectivity index (χ3v) is 2.49. The number of amides is 1. The molecule has 2 N–H and O–H groups in total. The van der Waals surface area contributed by atoms with Crippen LogP contribution in [0.15, 0.2) is 24.4 Å². The van der Waals surface area contributed by atoms with Crippen LogP contribution >= 0.6 is 0 Å². The quantitative estimate of drug-likeness (QED) is 0.336. The van der Waals surface area contributed by atoms with E-state index >= 15 is 0 Å². The zero-order valence-corrected chi connectivity index (χ0v) is 11.6. The van der Waals surface area contributed by atoms with Crippen LogP contribution < -0.4 is 5.84 Å². The first kappa shape index (κ1) is 16.1. The van der Waals surface area contributed by atoms with Crippen LogP contribution in [-0.4, -0.2) is 47.7 Å². The van der Waals surface area contributed by atoms with E-state index in [1.807, 2.05) is 0 Å². The summed E-state index contributed by atoms with van der Waals surface area (Å²) in [4.78, 5) is 27.9. The maximum absolute atomic E-state index is 12.1. The van der Waals surface area contributed by atoms with Crippen molar-refractivity contribution in [1.29, 1.82) is 0 Å². The van der Waals surface area contributed by atoms with E-state index in [1.54, 1.807) is 26.0 Å². The van der Waals surface area contributed by atoms with Crippen LogP contribution in [0.2, 0.25) is 0 Å². The van der Waals surface area contributed by atoms with E-state index in [4.69, 9.17) is 15.3 Å². The smallest absolute Gasteiger partial charge is 0.332 e. The molecule has 0 radical (unpaired) electrons. The standard InChI is InChI=1S/C13H19N3O4/c1-3-19-9-11(13(18)20-4-2)16(14)12(17)10-7-5-6-8-15-10/h5-8,11H,3-4,9,14H2,1-2H3. The Bertz CT molecular complexity index is 439. The van der Waals surface area contributed by atoms with E-state index in [1.165, 1.54) is 12.3 Å². The first-order valence-corrected chi connectivity index (χ1v) is 6.35. The molecule has 1 heterocycles. The lowest BCUT2D eigenvalue weighted by atomic mass is 10.2. The Hall–Kier alpha value is -1.99. The summed E-state index contributed by atoms with van der Waals surface area (Å²) in [5.41, 5.74) is 0.154. The molecule has 7 nitrogen and oxygen atoms in total. The molecule has 7 heteroatoms. The van der Waals surface area contributed by atoms with E-state index in [0.717, 1.165) is 5.01 Å². The van der Waals surface area contributed by atoms with Crippen molar-refractivity contribution in [1.82, 2.24) is 9.99 Å². The predicted molar refractivity (Wildman–Crippen MR) is 71.5 cm³/mol. The summed E-state index contributed by atoms with van der Waals surface area (Å²) in [6.45, 7) is 4.04. The Balaban J connectivity index is 2.83. The molecule has 0 saturated carbocycles. The molecule has 0 aliphatic carbocycles. The van der Waals surface area contributed by atoms with Gasteiger partial charge in [0.2, 0.25) is 0 Å². The maximum atomic E-state index is 12.1. The van der Waals surface area contributed by atoms with Crippen LogP contribution in [0, 0.1) is 0 Å². The number of ether oxygens (including phenoxy) is 2. The second kappa shape index (κ2) is 8.23. The monoisotopic (exact) mass is 281 g/mol. The third-order valence-electron chi connectivity index (χ3n) is 2.49. The Morgan fingerprint density at radius 2 is 2.10 bits per heavy atom. The molecule has 1 unspecified atom stereocenters. The van der Waals surface area contributed by atoms with Crippen molar-refractivity contribution in [3.8, 4) is 0 Å². The van der Waals surface area contributed by atoms with Crippen molar-refractivity contribution in [2.24, 2.45) is 5.84 Å². The van der Waals surface area contributed by atoms with Gasteiger partial charge in [-0.3, -0.25) is 14.8 Å². The summed E-state index contributed by atoms with van der Waals surface area (Å²) in [6.07, 6.45) is 1.48. The fourth-order valence-electron chi connectivity index (χ4n) is 1.49. The molecule has 1 atom stereocenters. The summed E-state index contributed by atoms with van der Waals surface area (Å²) in [5, 5.41) is 0.802. The van der Waals surface area contributed by atoms with Crippen molar-refractivity contribution in [2.75, 3.05) is 19.8 Å². The number of carbonyl (C=O) groups is 2. The van der Waals surface area contributed by atoms with Crippen LogP contribution in [0.4, 0.5) is 0 Å². The molecule has 110 valence electrons. The van der Waals surface area contributed by atoms with Gasteiger partial charge in [0.05, 0.1) is 13.2 Å². The molecule has 0 saturated heterocycles. The highest BCUT2D eigenvalue weighted by Crippen LogP contribution is 2.05. The molecule has 20 heavy (non-hydrogen) atoms. The number of esters is 1. The fourth-order valence-corrected chi connectivity index (χ4v) is 1.49. The van der Waals surface area contributed by atoms with Gasteiger partial charge in [-0.1, -0.05) is 6.07 Å². The number of nitrogens with two attached hydrogens (primary N) is 1. The molecule has 0 aliphatic heterocycles. The van der Waals surface area contributed by atoms with Crippen molar-refractivity contribution in [3.05, 3.63) is 30.1 Å². The molecule has 1 aromatic heterocycles. The highest BCUT2D eigenvalue weighted by molar-refractivity contribution is 5.94. The Morgan fingerprint density at radius 3 is 2.65 bits per heavy atom. The zero-order chi connectivity index (χ0) is 15.0. The number of pyridine rings is 1. The van der Waals surface area contributed by atoms with Gasteiger partial charge in [0.15, 0.2) is 6.04 Å². The average molecular weight is 281 g/mol. The number of nitrogens with zero attached hydrogens (tertiary/aromatic N) is 2. The molecule has 1 amide bonds. The summed E-state index contributed by atoms with van der Waals surface area (Å²) in [6, 6.07) is 3.87. The number of hydrogen-bond donors (Lipinski definition) is 1. The zero-order valence-electron chi connectivity index (χ0n) is 11.6. The van der Waals surface area contributed by atoms with Gasteiger partial charge in [-0.25, -0.2) is 10.6 Å². The minimum Gasteiger partial charge on any atom is -0.464 e. The Kier molecular flexibility index (Phi) is 6.61. The first-order valence-electron chi connectivity index (χ1n) is 6.35. The molecule has 0 aliphatic rings. The van der Waals surface area contributed by atoms with Crippen molar-refractivity contribution in [3.63, 3.8) is 0 Å². The molecular formula is C13H19N3O4. The second-order valence-electron chi connectivity index (χ2n) is 3.85. The van der Waals surface area contributed by atoms with Gasteiger partial charge in [-0.15, -0.1) is 0 Å². The van der Waals surface area contributed by atoms with Crippen LogP contribution in [0.1, 0.15) is 24.3 Å². The lowest BCUT2D eigenvalue weighted by Gasteiger charge is -2.25. The van der Waals surface area contributed by atoms with E-state index in [9.17, 15) is 9.59 Å². The third kappa shape index (κ3) is 4.29. The Labute approximate surface area is 117 Å². The molecule has 1 rings (SSSR count). The minimum absolute atomic E-state index is 0.0234. The van der Waals surface area contributed by atoms with Crippen LogP contribution in [0.5, 0.6) is 0 Å². The summed E-state index contributed by atoms with van der Waals surface area (Å²) in [5.74, 6) is 4.56. The molecule has 1 aromatic rings. The van der Waals surface area contributed by atoms with Gasteiger partial charge < -0.3 is 9.47 Å². The van der Waals surface area contributed by atoms with Crippen molar-refractivity contribution >= 4 is 11.9 Å². The van der Waals surface area contributed by atoms with E-state index in [2.05, 4.69) is 4.98 Å². The van der Waals surface area contributed by atoms with Gasteiger partial charge >= 0.3 is 5.97 Å². The number of carbonyl (C=O) groups excluding carboxylic acids is 2. The summed E-state index contributed by atoms with van der Waals surface area (Å²) in [7, 11) is 0. The number of hydrazine groups is 1. The van der Waals surface area contributed by atoms with Gasteiger partial charge in [0.1, 0.15) is 5.69 Å². The average Bonchev–Trinajstić information content (AvgIpc) is 2.48. The molecule has 0 fully saturated rings. The molecule has 0 spiro atoms. The number of hydrogen-bond acceptors (Lipinski definition) is 6. The van der Waals surface area contributed by atoms with Crippen LogP contribution in [0.25, 0.3) is 0 Å². The van der Waals surface area contributed by atoms with Gasteiger partial charge in [0.25, 0.3) is 5.91 Å². The SMILES string of the molecule is CCOCC(C(=O)OCC)N(N)C(=O)c1ccccn1. The highest BCUT2D eigenvalue weighted by atomic mass is 16.5. The van der Waals surface area contributed by atoms with E-state index in [0.29, 0.717) is 6.61 Å². The van der Waals surface area contributed by atoms with E-state index in [-0.39, 0.29) is 18.9 Å². The summed E-state index contributed by atoms with van der Waals surface area (Å²) < 4.78 is 10.1. The molecular weight excluding hydrogens is 262 g/mol. The predicted octanol–water partition coefficient (Wildman–Crippen LogP) is 0.366. The van der Waals surface area contributed by atoms with Gasteiger partial charge in [-0.05, 0) is 26.0 Å². The van der Waals surface area contributed by atoms with Gasteiger partial charge in [-0.2, -0.15) is 0 Å². The summed E-state index contributed by atoms with van der Waals surface area (Å²) >= 11 is 0. The lowest BCUT2D eigenvalue weighted by molar-refractivity contribution is -0.150. The number of rotatable bonds is 7. The molecule has 0 bridgehead atoms. The largest absolute Gasteiger partial charge is 0.464 e. The first-order chi connectivity index (χ1) is 9.61. The normalized spacial score (nSPS) is 11.8. The fraction of sp³-hybridized carbons (Fsp3) is 0.462.